The average molecular weight is 391 g/mol. The molecule has 0 saturated carbocycles. The van der Waals surface area contributed by atoms with Crippen LogP contribution in [0.5, 0.6) is 0 Å². The summed E-state index contributed by atoms with van der Waals surface area (Å²) in [5.41, 5.74) is -4.15. The van der Waals surface area contributed by atoms with Crippen LogP contribution in [0.4, 0.5) is 26.3 Å². The number of nitrogens with zero attached hydrogens (tertiary/aromatic N) is 2. The van der Waals surface area contributed by atoms with E-state index in [1.807, 2.05) is 0 Å². The first kappa shape index (κ1) is 20.3. The van der Waals surface area contributed by atoms with Crippen molar-refractivity contribution in [2.75, 3.05) is 0 Å². The van der Waals surface area contributed by atoms with Gasteiger partial charge in [-0.2, -0.15) is 26.3 Å². The number of alkyl halides is 6. The van der Waals surface area contributed by atoms with Crippen molar-refractivity contribution in [1.29, 1.82) is 0 Å². The summed E-state index contributed by atoms with van der Waals surface area (Å²) in [6.45, 7) is 1.35. The summed E-state index contributed by atoms with van der Waals surface area (Å²) in [6, 6.07) is -0.438. The first-order valence-corrected chi connectivity index (χ1v) is 7.30. The van der Waals surface area contributed by atoms with Gasteiger partial charge >= 0.3 is 12.4 Å². The Morgan fingerprint density at radius 1 is 1.00 bits per heavy atom. The number of carbonyl (C=O) groups is 2. The number of hydrogen-bond acceptors (Lipinski definition) is 4. The van der Waals surface area contributed by atoms with Crippen LogP contribution >= 0.6 is 0 Å². The molecule has 0 aliphatic carbocycles. The zero-order valence-electron chi connectivity index (χ0n) is 13.5. The van der Waals surface area contributed by atoms with Crippen molar-refractivity contribution in [2.24, 2.45) is 0 Å². The molecule has 0 spiro atoms. The lowest BCUT2D eigenvalue weighted by molar-refractivity contribution is -0.143. The predicted octanol–water partition coefficient (Wildman–Crippen LogP) is 3.82. The van der Waals surface area contributed by atoms with Gasteiger partial charge in [0.15, 0.2) is 6.29 Å². The standard InChI is InChI=1S/C16H11F6N3O2/c1-8(13-12(7-26)23-2-3-24-13)25-14(27)9-4-10(15(17,18)19)6-11(5-9)16(20,21)22/h2-8H,1H3,(H,25,27). The molecule has 0 aliphatic heterocycles. The minimum Gasteiger partial charge on any atom is -0.344 e. The molecule has 1 aromatic heterocycles. The number of amides is 1. The quantitative estimate of drug-likeness (QED) is 0.636. The zero-order valence-corrected chi connectivity index (χ0v) is 13.5. The van der Waals surface area contributed by atoms with Crippen LogP contribution in [0, 0.1) is 0 Å². The molecule has 144 valence electrons. The van der Waals surface area contributed by atoms with E-state index >= 15 is 0 Å². The van der Waals surface area contributed by atoms with Crippen molar-refractivity contribution in [3.8, 4) is 0 Å². The number of halogens is 6. The number of aldehydes is 1. The normalized spacial score (nSPS) is 13.1. The topological polar surface area (TPSA) is 72.0 Å². The highest BCUT2D eigenvalue weighted by molar-refractivity contribution is 5.95. The number of carbonyl (C=O) groups excluding carboxylic acids is 2. The molecule has 1 heterocycles. The fraction of sp³-hybridized carbons (Fsp3) is 0.250. The van der Waals surface area contributed by atoms with E-state index in [1.165, 1.54) is 19.3 Å². The van der Waals surface area contributed by atoms with Gasteiger partial charge in [-0.05, 0) is 25.1 Å². The Kier molecular flexibility index (Phi) is 5.52. The molecule has 1 unspecified atom stereocenters. The Hall–Kier alpha value is -2.98. The van der Waals surface area contributed by atoms with Crippen LogP contribution < -0.4 is 5.32 Å². The van der Waals surface area contributed by atoms with E-state index in [0.717, 1.165) is 0 Å². The van der Waals surface area contributed by atoms with E-state index in [1.54, 1.807) is 0 Å². The average Bonchev–Trinajstić information content (AvgIpc) is 2.59. The van der Waals surface area contributed by atoms with Gasteiger partial charge < -0.3 is 5.32 Å². The third-order valence-electron chi connectivity index (χ3n) is 3.48. The molecule has 5 nitrogen and oxygen atoms in total. The Bertz CT molecular complexity index is 832. The maximum atomic E-state index is 12.9. The number of benzene rings is 1. The second kappa shape index (κ2) is 7.33. The summed E-state index contributed by atoms with van der Waals surface area (Å²) in [4.78, 5) is 30.7. The summed E-state index contributed by atoms with van der Waals surface area (Å²) in [5.74, 6) is -1.19. The minimum absolute atomic E-state index is 0.0175. The van der Waals surface area contributed by atoms with Crippen LogP contribution in [0.2, 0.25) is 0 Å². The van der Waals surface area contributed by atoms with Gasteiger partial charge in [0, 0.05) is 18.0 Å². The predicted molar refractivity (Wildman–Crippen MR) is 79.7 cm³/mol. The molecule has 11 heteroatoms. The van der Waals surface area contributed by atoms with Gasteiger partial charge in [0.2, 0.25) is 0 Å². The third-order valence-corrected chi connectivity index (χ3v) is 3.48. The van der Waals surface area contributed by atoms with Crippen molar-refractivity contribution in [3.63, 3.8) is 0 Å². The smallest absolute Gasteiger partial charge is 0.344 e. The number of hydrogen-bond donors (Lipinski definition) is 1. The van der Waals surface area contributed by atoms with E-state index in [-0.39, 0.29) is 17.5 Å². The van der Waals surface area contributed by atoms with Crippen LogP contribution in [0.15, 0.2) is 30.6 Å². The highest BCUT2D eigenvalue weighted by Crippen LogP contribution is 2.36. The molecule has 0 aliphatic rings. The molecule has 0 radical (unpaired) electrons. The molecular weight excluding hydrogens is 380 g/mol. The monoisotopic (exact) mass is 391 g/mol. The van der Waals surface area contributed by atoms with E-state index in [0.29, 0.717) is 18.4 Å². The Labute approximate surface area is 148 Å². The van der Waals surface area contributed by atoms with Crippen molar-refractivity contribution in [3.05, 3.63) is 58.7 Å². The molecule has 2 aromatic rings. The van der Waals surface area contributed by atoms with Gasteiger partial charge in [-0.3, -0.25) is 14.6 Å². The van der Waals surface area contributed by atoms with Gasteiger partial charge in [0.25, 0.3) is 5.91 Å². The van der Waals surface area contributed by atoms with Crippen LogP contribution in [-0.4, -0.2) is 22.2 Å². The molecule has 0 saturated heterocycles. The molecule has 1 amide bonds. The summed E-state index contributed by atoms with van der Waals surface area (Å²) in [5, 5.41) is 2.21. The van der Waals surface area contributed by atoms with Gasteiger partial charge in [-0.15, -0.1) is 0 Å². The number of nitrogens with one attached hydrogen (secondary N) is 1. The lowest BCUT2D eigenvalue weighted by atomic mass is 10.0. The summed E-state index contributed by atoms with van der Waals surface area (Å²) >= 11 is 0. The molecule has 27 heavy (non-hydrogen) atoms. The van der Waals surface area contributed by atoms with E-state index in [2.05, 4.69) is 15.3 Å². The summed E-state index contributed by atoms with van der Waals surface area (Å²) in [7, 11) is 0. The summed E-state index contributed by atoms with van der Waals surface area (Å²) in [6.07, 6.45) is -7.35. The molecule has 2 rings (SSSR count). The lowest BCUT2D eigenvalue weighted by Crippen LogP contribution is -2.29. The maximum Gasteiger partial charge on any atom is 0.416 e. The molecule has 0 fully saturated rings. The maximum absolute atomic E-state index is 12.9. The zero-order chi connectivity index (χ0) is 20.4. The second-order valence-electron chi connectivity index (χ2n) is 5.43. The van der Waals surface area contributed by atoms with Crippen molar-refractivity contribution < 1.29 is 35.9 Å². The Balaban J connectivity index is 2.39. The van der Waals surface area contributed by atoms with E-state index in [4.69, 9.17) is 0 Å². The SMILES string of the molecule is CC(NC(=O)c1cc(C(F)(F)F)cc(C(F)(F)F)c1)c1nccnc1C=O. The molecular formula is C16H11F6N3O2. The minimum atomic E-state index is -5.07. The second-order valence-corrected chi connectivity index (χ2v) is 5.43. The Morgan fingerprint density at radius 2 is 1.52 bits per heavy atom. The molecule has 0 bridgehead atoms. The Morgan fingerprint density at radius 3 is 2.00 bits per heavy atom. The van der Waals surface area contributed by atoms with Crippen LogP contribution in [0.3, 0.4) is 0 Å². The fourth-order valence-corrected chi connectivity index (χ4v) is 2.22. The molecule has 1 atom stereocenters. The lowest BCUT2D eigenvalue weighted by Gasteiger charge is -2.17. The molecule has 1 N–H and O–H groups in total. The highest BCUT2D eigenvalue weighted by Gasteiger charge is 2.37. The van der Waals surface area contributed by atoms with Crippen molar-refractivity contribution in [2.45, 2.75) is 25.3 Å². The first-order valence-electron chi connectivity index (χ1n) is 7.30. The van der Waals surface area contributed by atoms with Gasteiger partial charge in [-0.1, -0.05) is 0 Å². The number of aromatic nitrogens is 2. The largest absolute Gasteiger partial charge is 0.416 e. The van der Waals surface area contributed by atoms with Crippen molar-refractivity contribution >= 4 is 12.2 Å². The van der Waals surface area contributed by atoms with Gasteiger partial charge in [-0.25, -0.2) is 4.98 Å². The van der Waals surface area contributed by atoms with Crippen molar-refractivity contribution in [1.82, 2.24) is 15.3 Å². The van der Waals surface area contributed by atoms with Gasteiger partial charge in [0.1, 0.15) is 5.69 Å². The van der Waals surface area contributed by atoms with Gasteiger partial charge in [0.05, 0.1) is 22.9 Å². The van der Waals surface area contributed by atoms with Crippen LogP contribution in [0.1, 0.15) is 50.6 Å². The highest BCUT2D eigenvalue weighted by atomic mass is 19.4. The summed E-state index contributed by atoms with van der Waals surface area (Å²) < 4.78 is 77.2. The third kappa shape index (κ3) is 4.80. The van der Waals surface area contributed by atoms with E-state index in [9.17, 15) is 35.9 Å². The van der Waals surface area contributed by atoms with Crippen LogP contribution in [0.25, 0.3) is 0 Å². The fourth-order valence-electron chi connectivity index (χ4n) is 2.22. The van der Waals surface area contributed by atoms with Crippen LogP contribution in [-0.2, 0) is 12.4 Å². The van der Waals surface area contributed by atoms with E-state index < -0.39 is 41.0 Å². The number of rotatable bonds is 4. The molecule has 1 aromatic carbocycles. The first-order chi connectivity index (χ1) is 12.4.